The van der Waals surface area contributed by atoms with Gasteiger partial charge in [-0.15, -0.1) is 11.8 Å². The zero-order chi connectivity index (χ0) is 30.1. The van der Waals surface area contributed by atoms with E-state index in [0.717, 1.165) is 25.7 Å². The average Bonchev–Trinajstić information content (AvgIpc) is 3.54. The summed E-state index contributed by atoms with van der Waals surface area (Å²) >= 11 is 0. The van der Waals surface area contributed by atoms with E-state index in [0.29, 0.717) is 11.8 Å². The van der Waals surface area contributed by atoms with E-state index in [1.165, 1.54) is 11.8 Å². The smallest absolute Gasteiger partial charge is 0.421 e. The number of ether oxygens (including phenoxy) is 5. The second kappa shape index (κ2) is 18.8. The van der Waals surface area contributed by atoms with Crippen LogP contribution in [0.3, 0.4) is 0 Å². The van der Waals surface area contributed by atoms with Gasteiger partial charge in [-0.25, -0.2) is 23.6 Å². The molecule has 15 nitrogen and oxygen atoms in total. The van der Waals surface area contributed by atoms with Crippen molar-refractivity contribution in [1.29, 1.82) is 0 Å². The van der Waals surface area contributed by atoms with Gasteiger partial charge in [-0.1, -0.05) is 0 Å². The first-order valence-corrected chi connectivity index (χ1v) is 15.8. The van der Waals surface area contributed by atoms with Crippen molar-refractivity contribution in [2.24, 2.45) is 22.3 Å². The highest BCUT2D eigenvalue weighted by Gasteiger charge is 2.49. The Hall–Kier alpha value is -2.56. The summed E-state index contributed by atoms with van der Waals surface area (Å²) in [5.41, 5.74) is -0.596. The topological polar surface area (TPSA) is 188 Å². The summed E-state index contributed by atoms with van der Waals surface area (Å²) in [4.78, 5) is 47.8. The van der Waals surface area contributed by atoms with Crippen molar-refractivity contribution in [3.63, 3.8) is 0 Å². The van der Waals surface area contributed by atoms with Crippen LogP contribution in [0.2, 0.25) is 0 Å². The molecule has 2 aliphatic carbocycles. The number of nitrogens with one attached hydrogen (secondary N) is 2. The van der Waals surface area contributed by atoms with Crippen LogP contribution in [-0.2, 0) is 38.7 Å². The third-order valence-electron chi connectivity index (χ3n) is 6.11. The van der Waals surface area contributed by atoms with Crippen LogP contribution >= 0.6 is 17.8 Å². The predicted molar refractivity (Wildman–Crippen MR) is 149 cm³/mol. The normalized spacial score (nSPS) is 19.4. The van der Waals surface area contributed by atoms with Gasteiger partial charge in [0.05, 0.1) is 32.9 Å². The van der Waals surface area contributed by atoms with Crippen molar-refractivity contribution in [1.82, 2.24) is 14.3 Å². The fraction of sp³-hybridized carbons (Fsp3) is 0.739. The number of fused-ring (bicyclic) bond motifs is 1. The van der Waals surface area contributed by atoms with Gasteiger partial charge in [0.25, 0.3) is 0 Å². The monoisotopic (exact) mass is 638 g/mol. The molecule has 230 valence electrons. The fourth-order valence-corrected chi connectivity index (χ4v) is 5.40. The summed E-state index contributed by atoms with van der Waals surface area (Å²) in [6.45, 7) is 0.802. The molecule has 1 saturated carbocycles. The largest absolute Gasteiger partial charge is 0.464 e. The lowest BCUT2D eigenvalue weighted by atomic mass is 10.1. The zero-order valence-corrected chi connectivity index (χ0v) is 25.6. The Balaban J connectivity index is 1.58. The van der Waals surface area contributed by atoms with Crippen LogP contribution in [0.1, 0.15) is 32.6 Å². The van der Waals surface area contributed by atoms with Crippen molar-refractivity contribution >= 4 is 51.8 Å². The Kier molecular flexibility index (Phi) is 15.9. The Morgan fingerprint density at radius 1 is 0.951 bits per heavy atom. The molecule has 0 aromatic rings. The molecule has 0 bridgehead atoms. The van der Waals surface area contributed by atoms with Gasteiger partial charge >= 0.3 is 34.1 Å². The van der Waals surface area contributed by atoms with Gasteiger partial charge in [0.15, 0.2) is 0 Å². The van der Waals surface area contributed by atoms with E-state index in [2.05, 4.69) is 21.1 Å². The predicted octanol–water partition coefficient (Wildman–Crippen LogP) is 2.06. The maximum atomic E-state index is 12.3. The van der Waals surface area contributed by atoms with Crippen LogP contribution in [0, 0.1) is 29.6 Å². The first-order valence-electron chi connectivity index (χ1n) is 12.9. The Bertz CT molecular complexity index is 1080. The van der Waals surface area contributed by atoms with Crippen LogP contribution in [0.5, 0.6) is 0 Å². The van der Waals surface area contributed by atoms with E-state index >= 15 is 0 Å². The third kappa shape index (κ3) is 14.8. The van der Waals surface area contributed by atoms with Crippen LogP contribution in [0.4, 0.5) is 14.4 Å². The number of esters is 1. The molecule has 0 aromatic carbocycles. The molecular weight excluding hydrogens is 602 g/mol. The molecule has 1 fully saturated rings. The molecule has 0 radical (unpaired) electrons. The maximum Gasteiger partial charge on any atom is 0.421 e. The summed E-state index contributed by atoms with van der Waals surface area (Å²) in [6.07, 6.45) is 1.79. The fourth-order valence-electron chi connectivity index (χ4n) is 4.17. The zero-order valence-electron chi connectivity index (χ0n) is 22.7. The van der Waals surface area contributed by atoms with Crippen molar-refractivity contribution in [2.75, 3.05) is 59.3 Å². The van der Waals surface area contributed by atoms with E-state index in [1.807, 2.05) is 9.39 Å². The van der Waals surface area contributed by atoms with E-state index < -0.39 is 34.1 Å². The first-order chi connectivity index (χ1) is 19.6. The lowest BCUT2D eigenvalue weighted by molar-refractivity contribution is -0.141. The number of carbonyl (C=O) groups excluding carboxylic acids is 4. The van der Waals surface area contributed by atoms with Crippen LogP contribution in [0.25, 0.3) is 0 Å². The molecule has 0 aliphatic heterocycles. The number of rotatable bonds is 17. The van der Waals surface area contributed by atoms with E-state index in [1.54, 1.807) is 4.72 Å². The van der Waals surface area contributed by atoms with Crippen LogP contribution in [-0.4, -0.2) is 96.5 Å². The minimum atomic E-state index is -4.14. The molecule has 2 amide bonds. The minimum absolute atomic E-state index is 0.00688. The van der Waals surface area contributed by atoms with Crippen molar-refractivity contribution in [2.45, 2.75) is 32.6 Å². The highest BCUT2D eigenvalue weighted by atomic mass is 32.2. The summed E-state index contributed by atoms with van der Waals surface area (Å²) < 4.78 is 56.8. The molecule has 0 heterocycles. The van der Waals surface area contributed by atoms with Gasteiger partial charge < -0.3 is 28.6 Å². The highest BCUT2D eigenvalue weighted by molar-refractivity contribution is 7.88. The molecule has 18 heteroatoms. The highest BCUT2D eigenvalue weighted by Crippen LogP contribution is 2.52. The van der Waals surface area contributed by atoms with Gasteiger partial charge in [-0.2, -0.15) is 13.1 Å². The van der Waals surface area contributed by atoms with Gasteiger partial charge in [-0.05, 0) is 40.0 Å². The summed E-state index contributed by atoms with van der Waals surface area (Å²) in [5, 5.41) is 0. The molecule has 2 rings (SSSR count). The molecule has 2 N–H and O–H groups in total. The van der Waals surface area contributed by atoms with Gasteiger partial charge in [0, 0.05) is 26.3 Å². The number of hydrogen-bond acceptors (Lipinski definition) is 12. The maximum absolute atomic E-state index is 12.3. The summed E-state index contributed by atoms with van der Waals surface area (Å²) in [5.74, 6) is 6.88. The van der Waals surface area contributed by atoms with Crippen molar-refractivity contribution < 1.29 is 51.3 Å². The summed E-state index contributed by atoms with van der Waals surface area (Å²) in [7, 11) is -2.02. The molecule has 2 unspecified atom stereocenters. The average molecular weight is 639 g/mol. The SMILES string of the molecule is CC(=O)OCCN(CCOC(=O)P=NP)C(=O)OCCOCCNS(=O)(=O)NC(=O)OCC1[C@H]2CCC#CCC[C@@H]12. The summed E-state index contributed by atoms with van der Waals surface area (Å²) in [6, 6.07) is 0. The van der Waals surface area contributed by atoms with Crippen molar-refractivity contribution in [3.8, 4) is 11.8 Å². The second-order valence-corrected chi connectivity index (χ2v) is 11.9. The number of nitrogens with zero attached hydrogens (tertiary/aromatic N) is 2. The molecule has 0 saturated heterocycles. The molecular formula is C23H36N4O11P2S. The molecule has 2 aliphatic rings. The second-order valence-electron chi connectivity index (χ2n) is 8.90. The van der Waals surface area contributed by atoms with E-state index in [9.17, 15) is 27.6 Å². The standard InChI is InChI=1S/C23H36N4O11P2S/c1-17(28)35-12-9-27(10-13-37-23(31)40-26-39)22(30)36-15-14-34-11-8-24-41(32,33)25-21(29)38-16-20-18-6-4-2-3-5-7-19(18)20/h18-20,24H,4-16,39H2,1H3,(H,25,29)/t18-,19+,20?. The molecule has 0 aromatic heterocycles. The van der Waals surface area contributed by atoms with E-state index in [4.69, 9.17) is 23.7 Å². The third-order valence-corrected chi connectivity index (χ3v) is 7.88. The lowest BCUT2D eigenvalue weighted by Gasteiger charge is -2.21. The Morgan fingerprint density at radius 2 is 1.61 bits per heavy atom. The van der Waals surface area contributed by atoms with E-state index in [-0.39, 0.29) is 73.6 Å². The van der Waals surface area contributed by atoms with Crippen molar-refractivity contribution in [3.05, 3.63) is 0 Å². The Labute approximate surface area is 243 Å². The van der Waals surface area contributed by atoms with Crippen LogP contribution < -0.4 is 9.44 Å². The molecule has 41 heavy (non-hydrogen) atoms. The molecule has 0 spiro atoms. The minimum Gasteiger partial charge on any atom is -0.464 e. The van der Waals surface area contributed by atoms with Crippen LogP contribution in [0.15, 0.2) is 4.52 Å². The van der Waals surface area contributed by atoms with Gasteiger partial charge in [0.1, 0.15) is 28.2 Å². The lowest BCUT2D eigenvalue weighted by Crippen LogP contribution is -2.42. The first kappa shape index (κ1) is 34.6. The van der Waals surface area contributed by atoms with Gasteiger partial charge in [0.2, 0.25) is 0 Å². The van der Waals surface area contributed by atoms with Gasteiger partial charge in [-0.3, -0.25) is 4.79 Å². The molecule has 4 atom stereocenters. The number of hydrogen-bond donors (Lipinski definition) is 2. The quantitative estimate of drug-likeness (QED) is 0.0780. The number of carbonyl (C=O) groups is 4. The number of amides is 2. The Morgan fingerprint density at radius 3 is 2.24 bits per heavy atom.